The van der Waals surface area contributed by atoms with Crippen molar-refractivity contribution in [2.24, 2.45) is 0 Å². The Labute approximate surface area is 137 Å². The summed E-state index contributed by atoms with van der Waals surface area (Å²) in [5.41, 5.74) is 1.26. The molecule has 0 amide bonds. The second-order valence-corrected chi connectivity index (χ2v) is 7.33. The van der Waals surface area contributed by atoms with Gasteiger partial charge in [-0.3, -0.25) is 4.68 Å². The monoisotopic (exact) mass is 398 g/mol. The van der Waals surface area contributed by atoms with Gasteiger partial charge in [0, 0.05) is 28.8 Å². The molecule has 4 nitrogen and oxygen atoms in total. The van der Waals surface area contributed by atoms with Gasteiger partial charge >= 0.3 is 0 Å². The molecule has 0 bridgehead atoms. The summed E-state index contributed by atoms with van der Waals surface area (Å²) in [6, 6.07) is 6.96. The van der Waals surface area contributed by atoms with E-state index in [-0.39, 0.29) is 5.60 Å². The summed E-state index contributed by atoms with van der Waals surface area (Å²) in [6.07, 6.45) is 6.11. The molecule has 0 saturated carbocycles. The van der Waals surface area contributed by atoms with Gasteiger partial charge in [0.15, 0.2) is 0 Å². The van der Waals surface area contributed by atoms with Gasteiger partial charge in [0.25, 0.3) is 0 Å². The van der Waals surface area contributed by atoms with Crippen molar-refractivity contribution in [1.82, 2.24) is 9.78 Å². The summed E-state index contributed by atoms with van der Waals surface area (Å²) in [5, 5.41) is 5.89. The van der Waals surface area contributed by atoms with Gasteiger partial charge < -0.3 is 9.47 Å². The number of fused-ring (bicyclic) bond motifs is 1. The van der Waals surface area contributed by atoms with Crippen molar-refractivity contribution in [3.63, 3.8) is 0 Å². The summed E-state index contributed by atoms with van der Waals surface area (Å²) in [6.45, 7) is 2.48. The highest BCUT2D eigenvalue weighted by Gasteiger charge is 2.40. The molecule has 1 spiro atoms. The minimum Gasteiger partial charge on any atom is -0.381 e. The second kappa shape index (κ2) is 5.52. The molecule has 0 radical (unpaired) electrons. The van der Waals surface area contributed by atoms with Crippen molar-refractivity contribution in [1.29, 1.82) is 0 Å². The Morgan fingerprint density at radius 2 is 2.10 bits per heavy atom. The number of rotatable bonds is 1. The van der Waals surface area contributed by atoms with E-state index in [2.05, 4.69) is 50.6 Å². The van der Waals surface area contributed by atoms with E-state index in [1.165, 1.54) is 14.5 Å². The van der Waals surface area contributed by atoms with Gasteiger partial charge in [0.05, 0.1) is 23.4 Å². The van der Waals surface area contributed by atoms with Crippen molar-refractivity contribution < 1.29 is 9.47 Å². The summed E-state index contributed by atoms with van der Waals surface area (Å²) < 4.78 is 15.1. The van der Waals surface area contributed by atoms with E-state index in [9.17, 15) is 0 Å². The molecule has 2 aliphatic rings. The van der Waals surface area contributed by atoms with Crippen LogP contribution in [0.25, 0.3) is 10.9 Å². The number of aromatic nitrogens is 2. The highest BCUT2D eigenvalue weighted by atomic mass is 127. The first-order chi connectivity index (χ1) is 10.3. The van der Waals surface area contributed by atoms with Crippen LogP contribution in [-0.2, 0) is 9.47 Å². The second-order valence-electron chi connectivity index (χ2n) is 6.08. The van der Waals surface area contributed by atoms with Gasteiger partial charge in [0.2, 0.25) is 0 Å². The standard InChI is InChI=1S/C16H19IN2O2/c17-13-2-1-12-11-18-19(15(12)9-13)14-3-6-21-16(10-14)4-7-20-8-5-16/h1-2,9,11,14H,3-8,10H2. The van der Waals surface area contributed by atoms with Crippen LogP contribution < -0.4 is 0 Å². The van der Waals surface area contributed by atoms with Crippen molar-refractivity contribution in [2.75, 3.05) is 19.8 Å². The zero-order valence-corrected chi connectivity index (χ0v) is 14.1. The Morgan fingerprint density at radius 1 is 1.24 bits per heavy atom. The molecule has 4 rings (SSSR count). The average molecular weight is 398 g/mol. The SMILES string of the molecule is Ic1ccc2cnn(C3CCOC4(CCOCC4)C3)c2c1. The van der Waals surface area contributed by atoms with Crippen LogP contribution in [0.5, 0.6) is 0 Å². The highest BCUT2D eigenvalue weighted by Crippen LogP contribution is 2.39. The van der Waals surface area contributed by atoms with Crippen molar-refractivity contribution in [2.45, 2.75) is 37.3 Å². The Bertz CT molecular complexity index is 643. The minimum atomic E-state index is 0.0153. The molecule has 1 atom stereocenters. The number of ether oxygens (including phenoxy) is 2. The van der Waals surface area contributed by atoms with Gasteiger partial charge in [-0.05, 0) is 60.4 Å². The van der Waals surface area contributed by atoms with Crippen LogP contribution in [0, 0.1) is 3.57 Å². The van der Waals surface area contributed by atoms with E-state index in [0.29, 0.717) is 6.04 Å². The fraction of sp³-hybridized carbons (Fsp3) is 0.562. The van der Waals surface area contributed by atoms with Crippen LogP contribution >= 0.6 is 22.6 Å². The summed E-state index contributed by atoms with van der Waals surface area (Å²) in [7, 11) is 0. The summed E-state index contributed by atoms with van der Waals surface area (Å²) >= 11 is 2.37. The number of nitrogens with zero attached hydrogens (tertiary/aromatic N) is 2. The molecule has 2 fully saturated rings. The summed E-state index contributed by atoms with van der Waals surface area (Å²) in [5.74, 6) is 0. The van der Waals surface area contributed by atoms with Gasteiger partial charge in [-0.25, -0.2) is 0 Å². The first-order valence-corrected chi connectivity index (χ1v) is 8.68. The molecule has 2 aliphatic heterocycles. The number of halogens is 1. The fourth-order valence-corrected chi connectivity index (χ4v) is 4.08. The molecule has 1 aromatic heterocycles. The topological polar surface area (TPSA) is 36.3 Å². The van der Waals surface area contributed by atoms with E-state index < -0.39 is 0 Å². The molecule has 5 heteroatoms. The van der Waals surface area contributed by atoms with E-state index in [1.807, 2.05) is 6.20 Å². The molecular formula is C16H19IN2O2. The third-order valence-corrected chi connectivity index (χ3v) is 5.45. The molecular weight excluding hydrogens is 379 g/mol. The first-order valence-electron chi connectivity index (χ1n) is 7.60. The van der Waals surface area contributed by atoms with Crippen molar-refractivity contribution in [3.05, 3.63) is 28.0 Å². The lowest BCUT2D eigenvalue weighted by atomic mass is 9.84. The Hall–Kier alpha value is -0.660. The normalized spacial score (nSPS) is 25.5. The van der Waals surface area contributed by atoms with Crippen LogP contribution in [0.3, 0.4) is 0 Å². The van der Waals surface area contributed by atoms with Gasteiger partial charge in [-0.1, -0.05) is 6.07 Å². The van der Waals surface area contributed by atoms with Gasteiger partial charge in [0.1, 0.15) is 0 Å². The van der Waals surface area contributed by atoms with E-state index in [4.69, 9.17) is 9.47 Å². The van der Waals surface area contributed by atoms with E-state index >= 15 is 0 Å². The Balaban J connectivity index is 1.66. The molecule has 2 aromatic rings. The first kappa shape index (κ1) is 14.0. The molecule has 1 unspecified atom stereocenters. The van der Waals surface area contributed by atoms with Crippen LogP contribution in [0.15, 0.2) is 24.4 Å². The number of hydrogen-bond acceptors (Lipinski definition) is 3. The van der Waals surface area contributed by atoms with Crippen molar-refractivity contribution >= 4 is 33.5 Å². The lowest BCUT2D eigenvalue weighted by molar-refractivity contribution is -0.145. The lowest BCUT2D eigenvalue weighted by Gasteiger charge is -2.43. The Kier molecular flexibility index (Phi) is 3.67. The third-order valence-electron chi connectivity index (χ3n) is 4.78. The zero-order chi connectivity index (χ0) is 14.3. The number of benzene rings is 1. The number of hydrogen-bond donors (Lipinski definition) is 0. The highest BCUT2D eigenvalue weighted by molar-refractivity contribution is 14.1. The fourth-order valence-electron chi connectivity index (χ4n) is 3.60. The van der Waals surface area contributed by atoms with E-state index in [1.54, 1.807) is 0 Å². The summed E-state index contributed by atoms with van der Waals surface area (Å²) in [4.78, 5) is 0. The van der Waals surface area contributed by atoms with Gasteiger partial charge in [-0.15, -0.1) is 0 Å². The van der Waals surface area contributed by atoms with Crippen LogP contribution in [0.1, 0.15) is 31.7 Å². The maximum absolute atomic E-state index is 6.15. The smallest absolute Gasteiger partial charge is 0.0746 e. The third kappa shape index (κ3) is 2.59. The molecule has 1 aromatic carbocycles. The molecule has 2 saturated heterocycles. The quantitative estimate of drug-likeness (QED) is 0.690. The minimum absolute atomic E-state index is 0.0153. The molecule has 21 heavy (non-hydrogen) atoms. The van der Waals surface area contributed by atoms with E-state index in [0.717, 1.165) is 45.5 Å². The van der Waals surface area contributed by atoms with Crippen LogP contribution in [0.4, 0.5) is 0 Å². The maximum atomic E-state index is 6.15. The molecule has 0 aliphatic carbocycles. The van der Waals surface area contributed by atoms with Crippen LogP contribution in [0.2, 0.25) is 0 Å². The molecule has 0 N–H and O–H groups in total. The largest absolute Gasteiger partial charge is 0.381 e. The molecule has 112 valence electrons. The van der Waals surface area contributed by atoms with Crippen LogP contribution in [-0.4, -0.2) is 35.2 Å². The predicted molar refractivity (Wildman–Crippen MR) is 89.5 cm³/mol. The van der Waals surface area contributed by atoms with Gasteiger partial charge in [-0.2, -0.15) is 5.10 Å². The average Bonchev–Trinajstić information content (AvgIpc) is 2.91. The maximum Gasteiger partial charge on any atom is 0.0746 e. The van der Waals surface area contributed by atoms with Crippen molar-refractivity contribution in [3.8, 4) is 0 Å². The lowest BCUT2D eigenvalue weighted by Crippen LogP contribution is -2.44. The Morgan fingerprint density at radius 3 is 2.95 bits per heavy atom. The zero-order valence-electron chi connectivity index (χ0n) is 11.9. The predicted octanol–water partition coefficient (Wildman–Crippen LogP) is 3.54. The molecule has 3 heterocycles.